The average Bonchev–Trinajstić information content (AvgIpc) is 2.69. The van der Waals surface area contributed by atoms with Gasteiger partial charge in [0.25, 0.3) is 0 Å². The van der Waals surface area contributed by atoms with Crippen molar-refractivity contribution in [1.82, 2.24) is 5.48 Å². The molecule has 17 heavy (non-hydrogen) atoms. The van der Waals surface area contributed by atoms with Gasteiger partial charge >= 0.3 is 0 Å². The van der Waals surface area contributed by atoms with Crippen LogP contribution in [0.4, 0.5) is 5.69 Å². The Labute approximate surface area is 109 Å². The summed E-state index contributed by atoms with van der Waals surface area (Å²) in [5.41, 5.74) is 2.12. The third kappa shape index (κ3) is 3.01. The van der Waals surface area contributed by atoms with Gasteiger partial charge in [0, 0.05) is 5.38 Å². The highest BCUT2D eigenvalue weighted by Gasteiger charge is 2.27. The molecule has 0 aliphatic carbocycles. The molecule has 0 aliphatic heterocycles. The van der Waals surface area contributed by atoms with Crippen LogP contribution in [0.5, 0.6) is 0 Å². The molecule has 96 valence electrons. The van der Waals surface area contributed by atoms with Gasteiger partial charge in [-0.1, -0.05) is 0 Å². The third-order valence-corrected chi connectivity index (χ3v) is 6.65. The van der Waals surface area contributed by atoms with E-state index < -0.39 is 15.1 Å². The number of rotatable bonds is 5. The molecule has 0 saturated heterocycles. The second-order valence-electron chi connectivity index (χ2n) is 3.42. The Kier molecular flexibility index (Phi) is 4.99. The number of aliphatic imine (C=N–C) groups is 1. The van der Waals surface area contributed by atoms with Crippen LogP contribution in [0, 0.1) is 0 Å². The molecular formula is C9H14N2O3S3. The first-order valence-electron chi connectivity index (χ1n) is 4.76. The number of thioether (sulfide) groups is 1. The number of thiophene rings is 1. The topological polar surface area (TPSA) is 78.8 Å². The van der Waals surface area contributed by atoms with Crippen LogP contribution in [0.3, 0.4) is 0 Å². The molecule has 0 amide bonds. The Morgan fingerprint density at radius 3 is 2.71 bits per heavy atom. The molecule has 5 nitrogen and oxygen atoms in total. The molecule has 0 atom stereocenters. The van der Waals surface area contributed by atoms with Crippen molar-refractivity contribution in [2.24, 2.45) is 4.99 Å². The van der Waals surface area contributed by atoms with Gasteiger partial charge in [-0.05, 0) is 20.1 Å². The highest BCUT2D eigenvalue weighted by Crippen LogP contribution is 2.40. The molecule has 0 aromatic carbocycles. The molecule has 0 radical (unpaired) electrons. The normalized spacial score (nSPS) is 12.5. The molecule has 1 aromatic heterocycles. The lowest BCUT2D eigenvalue weighted by Gasteiger charge is -2.08. The lowest BCUT2D eigenvalue weighted by molar-refractivity contribution is 0.240. The Morgan fingerprint density at radius 2 is 2.24 bits per heavy atom. The van der Waals surface area contributed by atoms with Crippen molar-refractivity contribution in [3.63, 3.8) is 0 Å². The van der Waals surface area contributed by atoms with E-state index in [-0.39, 0.29) is 4.90 Å². The van der Waals surface area contributed by atoms with Gasteiger partial charge in [-0.25, -0.2) is 13.4 Å². The zero-order valence-electron chi connectivity index (χ0n) is 9.67. The van der Waals surface area contributed by atoms with Crippen LogP contribution in [-0.4, -0.2) is 31.5 Å². The summed E-state index contributed by atoms with van der Waals surface area (Å²) in [7, 11) is -3.37. The van der Waals surface area contributed by atoms with Crippen molar-refractivity contribution in [2.45, 2.75) is 28.2 Å². The van der Waals surface area contributed by atoms with Crippen molar-refractivity contribution in [3.05, 3.63) is 5.38 Å². The first kappa shape index (κ1) is 14.5. The Hall–Kier alpha value is -0.570. The van der Waals surface area contributed by atoms with E-state index in [0.717, 1.165) is 6.34 Å². The molecule has 0 fully saturated rings. The Balaban J connectivity index is 3.38. The fourth-order valence-electron chi connectivity index (χ4n) is 1.15. The molecule has 0 saturated carbocycles. The monoisotopic (exact) mass is 294 g/mol. The quantitative estimate of drug-likeness (QED) is 0.377. The summed E-state index contributed by atoms with van der Waals surface area (Å²) < 4.78 is 25.1. The van der Waals surface area contributed by atoms with Crippen LogP contribution in [0.1, 0.15) is 13.8 Å². The van der Waals surface area contributed by atoms with Gasteiger partial charge in [-0.2, -0.15) is 0 Å². The molecule has 0 aliphatic rings. The van der Waals surface area contributed by atoms with E-state index in [1.165, 1.54) is 23.1 Å². The molecule has 2 N–H and O–H groups in total. The van der Waals surface area contributed by atoms with E-state index in [1.54, 1.807) is 24.7 Å². The predicted molar refractivity (Wildman–Crippen MR) is 71.5 cm³/mol. The van der Waals surface area contributed by atoms with Crippen LogP contribution < -0.4 is 5.48 Å². The van der Waals surface area contributed by atoms with Gasteiger partial charge in [-0.15, -0.1) is 23.1 Å². The zero-order valence-corrected chi connectivity index (χ0v) is 12.1. The molecule has 8 heteroatoms. The summed E-state index contributed by atoms with van der Waals surface area (Å²) in [5, 5.41) is 9.60. The van der Waals surface area contributed by atoms with Crippen molar-refractivity contribution in [1.29, 1.82) is 0 Å². The maximum Gasteiger partial charge on any atom is 0.184 e. The lowest BCUT2D eigenvalue weighted by atomic mass is 10.5. The minimum atomic E-state index is -3.37. The van der Waals surface area contributed by atoms with Crippen molar-refractivity contribution in [3.8, 4) is 0 Å². The van der Waals surface area contributed by atoms with E-state index in [4.69, 9.17) is 5.21 Å². The van der Waals surface area contributed by atoms with Crippen molar-refractivity contribution >= 4 is 45.0 Å². The summed E-state index contributed by atoms with van der Waals surface area (Å²) in [4.78, 5) is 4.12. The molecule has 1 heterocycles. The Morgan fingerprint density at radius 1 is 1.59 bits per heavy atom. The van der Waals surface area contributed by atoms with Gasteiger partial charge in [0.05, 0.1) is 15.1 Å². The summed E-state index contributed by atoms with van der Waals surface area (Å²) in [5.74, 6) is 0. The average molecular weight is 294 g/mol. The maximum absolute atomic E-state index is 12.2. The second kappa shape index (κ2) is 5.85. The highest BCUT2D eigenvalue weighted by molar-refractivity contribution is 8.01. The maximum atomic E-state index is 12.2. The summed E-state index contributed by atoms with van der Waals surface area (Å²) >= 11 is 2.71. The number of nitrogens with one attached hydrogen (secondary N) is 1. The van der Waals surface area contributed by atoms with E-state index in [9.17, 15) is 8.42 Å². The van der Waals surface area contributed by atoms with Gasteiger partial charge in [0.15, 0.2) is 9.84 Å². The summed E-state index contributed by atoms with van der Waals surface area (Å²) in [6.45, 7) is 3.27. The number of hydrogen-bond acceptors (Lipinski definition) is 6. The molecule has 1 rings (SSSR count). The molecule has 1 aromatic rings. The minimum absolute atomic E-state index is 0.247. The van der Waals surface area contributed by atoms with Crippen molar-refractivity contribution < 1.29 is 13.6 Å². The van der Waals surface area contributed by atoms with Crippen LogP contribution in [0.2, 0.25) is 0 Å². The first-order chi connectivity index (χ1) is 7.95. The Bertz CT molecular complexity index is 506. The lowest BCUT2D eigenvalue weighted by Crippen LogP contribution is -2.14. The third-order valence-electron chi connectivity index (χ3n) is 2.05. The van der Waals surface area contributed by atoms with Gasteiger partial charge < -0.3 is 0 Å². The second-order valence-corrected chi connectivity index (χ2v) is 7.82. The summed E-state index contributed by atoms with van der Waals surface area (Å²) in [6, 6.07) is 0. The molecular weight excluding hydrogens is 280 g/mol. The largest absolute Gasteiger partial charge is 0.290 e. The van der Waals surface area contributed by atoms with Gasteiger partial charge in [-0.3, -0.25) is 10.7 Å². The predicted octanol–water partition coefficient (Wildman–Crippen LogP) is 2.29. The summed E-state index contributed by atoms with van der Waals surface area (Å²) in [6.07, 6.45) is 2.87. The van der Waals surface area contributed by atoms with E-state index in [2.05, 4.69) is 4.99 Å². The molecule has 0 unspecified atom stereocenters. The van der Waals surface area contributed by atoms with Gasteiger partial charge in [0.1, 0.15) is 11.2 Å². The number of hydrogen-bond donors (Lipinski definition) is 2. The van der Waals surface area contributed by atoms with E-state index >= 15 is 0 Å². The van der Waals surface area contributed by atoms with Crippen LogP contribution >= 0.6 is 23.1 Å². The van der Waals surface area contributed by atoms with Crippen LogP contribution in [-0.2, 0) is 9.84 Å². The number of hydroxylamine groups is 1. The smallest absolute Gasteiger partial charge is 0.184 e. The highest BCUT2D eigenvalue weighted by atomic mass is 32.2. The number of sulfone groups is 1. The zero-order chi connectivity index (χ0) is 13.1. The van der Waals surface area contributed by atoms with Crippen molar-refractivity contribution in [2.75, 3.05) is 6.26 Å². The fourth-order valence-corrected chi connectivity index (χ4v) is 4.85. The standard InChI is InChI=1S/C9H14N2O3S3/c1-6(2)17(13,14)8-7(10-5-11-12)4-16-9(8)15-3/h4-6,12H,1-3H3,(H,10,11). The van der Waals surface area contributed by atoms with Crippen LogP contribution in [0.15, 0.2) is 19.5 Å². The number of nitrogens with zero attached hydrogens (tertiary/aromatic N) is 1. The van der Waals surface area contributed by atoms with E-state index in [1.807, 2.05) is 6.26 Å². The molecule has 0 bridgehead atoms. The fraction of sp³-hybridized carbons (Fsp3) is 0.444. The SMILES string of the molecule is CSc1scc(N=CNO)c1S(=O)(=O)C(C)C. The first-order valence-corrected chi connectivity index (χ1v) is 8.41. The van der Waals surface area contributed by atoms with Gasteiger partial charge in [0.2, 0.25) is 0 Å². The minimum Gasteiger partial charge on any atom is -0.290 e. The molecule has 0 spiro atoms. The van der Waals surface area contributed by atoms with Crippen LogP contribution in [0.25, 0.3) is 0 Å². The van der Waals surface area contributed by atoms with E-state index in [0.29, 0.717) is 9.90 Å².